The number of aromatic amines is 1. The molecule has 2 rings (SSSR count). The molecule has 7 nitrogen and oxygen atoms in total. The number of nitrogens with one attached hydrogen (secondary N) is 3. The first-order valence-electron chi connectivity index (χ1n) is 6.49. The molecule has 108 valence electrons. The number of hydrogen-bond acceptors (Lipinski definition) is 6. The number of H-pyrrole nitrogens is 1. The summed E-state index contributed by atoms with van der Waals surface area (Å²) in [4.78, 5) is 22.7. The molecule has 0 aromatic carbocycles. The van der Waals surface area contributed by atoms with E-state index in [9.17, 15) is 4.79 Å². The van der Waals surface area contributed by atoms with Crippen molar-refractivity contribution in [1.82, 2.24) is 19.3 Å². The van der Waals surface area contributed by atoms with Gasteiger partial charge < -0.3 is 10.3 Å². The van der Waals surface area contributed by atoms with Crippen LogP contribution in [0.1, 0.15) is 26.1 Å². The third-order valence-electron chi connectivity index (χ3n) is 2.44. The van der Waals surface area contributed by atoms with Crippen molar-refractivity contribution in [3.05, 3.63) is 18.2 Å². The van der Waals surface area contributed by atoms with Gasteiger partial charge in [0.05, 0.1) is 0 Å². The topological polar surface area (TPSA) is 95.6 Å². The molecule has 0 saturated heterocycles. The summed E-state index contributed by atoms with van der Waals surface area (Å²) in [5.74, 6) is 1.76. The van der Waals surface area contributed by atoms with Crippen LogP contribution in [0.15, 0.2) is 12.4 Å². The molecule has 8 heteroatoms. The second kappa shape index (κ2) is 6.99. The molecule has 2 aromatic rings. The lowest BCUT2D eigenvalue weighted by Gasteiger charge is -2.02. The molecule has 0 spiro atoms. The SMILES string of the molecule is CC(C)Cc1nsc(NCCC(=O)Nc2ncc[nH]2)n1. The number of anilines is 2. The Morgan fingerprint density at radius 3 is 3.05 bits per heavy atom. The van der Waals surface area contributed by atoms with Gasteiger partial charge in [-0.05, 0) is 5.92 Å². The van der Waals surface area contributed by atoms with Gasteiger partial charge in [-0.2, -0.15) is 4.37 Å². The van der Waals surface area contributed by atoms with Crippen molar-refractivity contribution in [1.29, 1.82) is 0 Å². The van der Waals surface area contributed by atoms with Gasteiger partial charge in [-0.1, -0.05) is 13.8 Å². The Kier molecular flexibility index (Phi) is 5.05. The number of nitrogens with zero attached hydrogens (tertiary/aromatic N) is 3. The Morgan fingerprint density at radius 1 is 1.50 bits per heavy atom. The van der Waals surface area contributed by atoms with Crippen molar-refractivity contribution < 1.29 is 4.79 Å². The molecule has 0 bridgehead atoms. The van der Waals surface area contributed by atoms with Crippen LogP contribution >= 0.6 is 11.5 Å². The third kappa shape index (κ3) is 4.61. The van der Waals surface area contributed by atoms with Crippen molar-refractivity contribution >= 4 is 28.5 Å². The number of rotatable bonds is 7. The second-order valence-electron chi connectivity index (χ2n) is 4.78. The summed E-state index contributed by atoms with van der Waals surface area (Å²) in [6, 6.07) is 0. The van der Waals surface area contributed by atoms with E-state index in [1.165, 1.54) is 11.5 Å². The van der Waals surface area contributed by atoms with Gasteiger partial charge in [0.2, 0.25) is 17.0 Å². The maximum absolute atomic E-state index is 11.6. The summed E-state index contributed by atoms with van der Waals surface area (Å²) < 4.78 is 4.27. The number of carbonyl (C=O) groups excluding carboxylic acids is 1. The standard InChI is InChI=1S/C12H18N6OS/c1-8(2)7-9-16-12(20-18-9)15-4-3-10(19)17-11-13-5-6-14-11/h5-6,8H,3-4,7H2,1-2H3,(H,15,16,18)(H2,13,14,17,19). The minimum absolute atomic E-state index is 0.0978. The van der Waals surface area contributed by atoms with Crippen LogP contribution in [-0.4, -0.2) is 31.8 Å². The fourth-order valence-corrected chi connectivity index (χ4v) is 2.20. The number of imidazole rings is 1. The van der Waals surface area contributed by atoms with Crippen LogP contribution in [0, 0.1) is 5.92 Å². The summed E-state index contributed by atoms with van der Waals surface area (Å²) in [5, 5.41) is 6.52. The highest BCUT2D eigenvalue weighted by Crippen LogP contribution is 2.13. The van der Waals surface area contributed by atoms with Crippen LogP contribution in [-0.2, 0) is 11.2 Å². The third-order valence-corrected chi connectivity index (χ3v) is 3.15. The van der Waals surface area contributed by atoms with Crippen molar-refractivity contribution in [3.63, 3.8) is 0 Å². The molecule has 20 heavy (non-hydrogen) atoms. The van der Waals surface area contributed by atoms with Crippen molar-refractivity contribution in [2.24, 2.45) is 5.92 Å². The summed E-state index contributed by atoms with van der Waals surface area (Å²) in [5.41, 5.74) is 0. The van der Waals surface area contributed by atoms with E-state index < -0.39 is 0 Å². The van der Waals surface area contributed by atoms with Crippen molar-refractivity contribution in [3.8, 4) is 0 Å². The molecule has 3 N–H and O–H groups in total. The predicted octanol–water partition coefficient (Wildman–Crippen LogP) is 1.90. The maximum atomic E-state index is 11.6. The largest absolute Gasteiger partial charge is 0.360 e. The molecule has 0 saturated carbocycles. The summed E-state index contributed by atoms with van der Waals surface area (Å²) in [7, 11) is 0. The molecule has 0 atom stereocenters. The number of carbonyl (C=O) groups is 1. The van der Waals surface area contributed by atoms with Crippen LogP contribution in [0.4, 0.5) is 11.1 Å². The summed E-state index contributed by atoms with van der Waals surface area (Å²) >= 11 is 1.33. The van der Waals surface area contributed by atoms with Gasteiger partial charge in [-0.3, -0.25) is 10.1 Å². The first kappa shape index (κ1) is 14.4. The Bertz CT molecular complexity index is 536. The predicted molar refractivity (Wildman–Crippen MR) is 78.8 cm³/mol. The van der Waals surface area contributed by atoms with E-state index in [-0.39, 0.29) is 5.91 Å². The van der Waals surface area contributed by atoms with Gasteiger partial charge in [0.1, 0.15) is 5.82 Å². The van der Waals surface area contributed by atoms with Gasteiger partial charge >= 0.3 is 0 Å². The molecular weight excluding hydrogens is 276 g/mol. The van der Waals surface area contributed by atoms with Crippen LogP contribution < -0.4 is 10.6 Å². The van der Waals surface area contributed by atoms with E-state index >= 15 is 0 Å². The van der Waals surface area contributed by atoms with Gasteiger partial charge in [0, 0.05) is 43.3 Å². The normalized spacial score (nSPS) is 10.8. The first-order chi connectivity index (χ1) is 9.63. The molecule has 2 heterocycles. The van der Waals surface area contributed by atoms with Gasteiger partial charge in [0.15, 0.2) is 0 Å². The molecule has 0 unspecified atom stereocenters. The number of aromatic nitrogens is 4. The van der Waals surface area contributed by atoms with E-state index in [2.05, 4.69) is 43.8 Å². The fraction of sp³-hybridized carbons (Fsp3) is 0.500. The fourth-order valence-electron chi connectivity index (χ4n) is 1.58. The lowest BCUT2D eigenvalue weighted by atomic mass is 10.1. The Hall–Kier alpha value is -1.96. The zero-order valence-corrected chi connectivity index (χ0v) is 12.3. The smallest absolute Gasteiger partial charge is 0.228 e. The van der Waals surface area contributed by atoms with Crippen molar-refractivity contribution in [2.75, 3.05) is 17.2 Å². The minimum atomic E-state index is -0.0978. The van der Waals surface area contributed by atoms with Gasteiger partial charge in [0.25, 0.3) is 0 Å². The van der Waals surface area contributed by atoms with E-state index in [1.807, 2.05) is 0 Å². The zero-order chi connectivity index (χ0) is 14.4. The highest BCUT2D eigenvalue weighted by molar-refractivity contribution is 7.09. The van der Waals surface area contributed by atoms with Crippen LogP contribution in [0.3, 0.4) is 0 Å². The molecule has 0 fully saturated rings. The van der Waals surface area contributed by atoms with E-state index in [0.717, 1.165) is 17.4 Å². The second-order valence-corrected chi connectivity index (χ2v) is 5.53. The summed E-state index contributed by atoms with van der Waals surface area (Å²) in [6.45, 7) is 4.78. The molecule has 0 aliphatic heterocycles. The quantitative estimate of drug-likeness (QED) is 0.725. The maximum Gasteiger partial charge on any atom is 0.228 e. The molecule has 0 aliphatic carbocycles. The number of amides is 1. The van der Waals surface area contributed by atoms with E-state index in [0.29, 0.717) is 24.8 Å². The molecule has 1 amide bonds. The monoisotopic (exact) mass is 294 g/mol. The van der Waals surface area contributed by atoms with Crippen LogP contribution in [0.2, 0.25) is 0 Å². The Balaban J connectivity index is 1.70. The lowest BCUT2D eigenvalue weighted by molar-refractivity contribution is -0.116. The Morgan fingerprint density at radius 2 is 2.35 bits per heavy atom. The number of hydrogen-bond donors (Lipinski definition) is 3. The zero-order valence-electron chi connectivity index (χ0n) is 11.5. The first-order valence-corrected chi connectivity index (χ1v) is 7.26. The van der Waals surface area contributed by atoms with E-state index in [4.69, 9.17) is 0 Å². The summed E-state index contributed by atoms with van der Waals surface area (Å²) in [6.07, 6.45) is 4.47. The van der Waals surface area contributed by atoms with Crippen LogP contribution in [0.5, 0.6) is 0 Å². The van der Waals surface area contributed by atoms with Crippen LogP contribution in [0.25, 0.3) is 0 Å². The highest BCUT2D eigenvalue weighted by atomic mass is 32.1. The lowest BCUT2D eigenvalue weighted by Crippen LogP contribution is -2.16. The molecule has 0 aliphatic rings. The molecule has 0 radical (unpaired) electrons. The van der Waals surface area contributed by atoms with Crippen molar-refractivity contribution in [2.45, 2.75) is 26.7 Å². The highest BCUT2D eigenvalue weighted by Gasteiger charge is 2.07. The van der Waals surface area contributed by atoms with E-state index in [1.54, 1.807) is 12.4 Å². The van der Waals surface area contributed by atoms with Gasteiger partial charge in [-0.25, -0.2) is 9.97 Å². The molecular formula is C12H18N6OS. The molecule has 2 aromatic heterocycles. The van der Waals surface area contributed by atoms with Gasteiger partial charge in [-0.15, -0.1) is 0 Å². The average Bonchev–Trinajstić information content (AvgIpc) is 3.00. The Labute approximate surface area is 121 Å². The average molecular weight is 294 g/mol. The minimum Gasteiger partial charge on any atom is -0.360 e.